The Balaban J connectivity index is 1.92. The third kappa shape index (κ3) is 5.69. The molecule has 0 saturated carbocycles. The predicted octanol–water partition coefficient (Wildman–Crippen LogP) is 6.80. The summed E-state index contributed by atoms with van der Waals surface area (Å²) in [6, 6.07) is 18.8. The Morgan fingerprint density at radius 1 is 0.975 bits per heavy atom. The molecule has 40 heavy (non-hydrogen) atoms. The molecule has 0 spiro atoms. The van der Waals surface area contributed by atoms with E-state index in [1.54, 1.807) is 42.5 Å². The third-order valence-electron chi connectivity index (χ3n) is 6.74. The first-order chi connectivity index (χ1) is 19.0. The van der Waals surface area contributed by atoms with Gasteiger partial charge < -0.3 is 19.3 Å². The van der Waals surface area contributed by atoms with E-state index in [0.29, 0.717) is 40.7 Å². The number of benzene rings is 3. The van der Waals surface area contributed by atoms with Crippen LogP contribution in [0.5, 0.6) is 17.2 Å². The number of hydrogen-bond acceptors (Lipinski definition) is 6. The number of aliphatic hydroxyl groups is 1. The Labute approximate surface area is 236 Å². The molecule has 7 nitrogen and oxygen atoms in total. The van der Waals surface area contributed by atoms with Crippen molar-refractivity contribution < 1.29 is 28.9 Å². The van der Waals surface area contributed by atoms with Gasteiger partial charge in [0.15, 0.2) is 11.5 Å². The van der Waals surface area contributed by atoms with Crippen molar-refractivity contribution in [2.75, 3.05) is 18.6 Å². The van der Waals surface area contributed by atoms with Gasteiger partial charge in [-0.2, -0.15) is 0 Å². The number of carbonyl (C=O) groups excluding carboxylic acids is 2. The number of Topliss-reactive ketones (excluding diaryl/α,β-unsaturated/α-hetero) is 1. The fourth-order valence-electron chi connectivity index (χ4n) is 4.80. The summed E-state index contributed by atoms with van der Waals surface area (Å²) in [5.74, 6) is -0.231. The van der Waals surface area contributed by atoms with Gasteiger partial charge in [-0.1, -0.05) is 51.1 Å². The number of rotatable bonds is 8. The molecule has 1 unspecified atom stereocenters. The molecular weight excluding hydrogens is 506 g/mol. The number of ketones is 1. The van der Waals surface area contributed by atoms with Crippen LogP contribution in [0, 0.1) is 0 Å². The van der Waals surface area contributed by atoms with E-state index in [4.69, 9.17) is 14.2 Å². The second kappa shape index (κ2) is 11.5. The van der Waals surface area contributed by atoms with Crippen molar-refractivity contribution in [2.45, 2.75) is 59.1 Å². The van der Waals surface area contributed by atoms with Gasteiger partial charge >= 0.3 is 0 Å². The van der Waals surface area contributed by atoms with Gasteiger partial charge in [0, 0.05) is 11.3 Å². The smallest absolute Gasteiger partial charge is 0.300 e. The number of amides is 1. The molecule has 3 aromatic rings. The Morgan fingerprint density at radius 3 is 2.27 bits per heavy atom. The number of aliphatic hydroxyl groups excluding tert-OH is 1. The van der Waals surface area contributed by atoms with Crippen LogP contribution in [-0.4, -0.2) is 36.6 Å². The van der Waals surface area contributed by atoms with Crippen LogP contribution in [-0.2, 0) is 15.0 Å². The van der Waals surface area contributed by atoms with Crippen LogP contribution in [0.3, 0.4) is 0 Å². The molecule has 0 radical (unpaired) electrons. The van der Waals surface area contributed by atoms with Crippen LogP contribution >= 0.6 is 0 Å². The van der Waals surface area contributed by atoms with Crippen molar-refractivity contribution in [3.05, 3.63) is 89.0 Å². The number of anilines is 1. The van der Waals surface area contributed by atoms with Gasteiger partial charge in [-0.05, 0) is 73.7 Å². The first-order valence-electron chi connectivity index (χ1n) is 13.5. The third-order valence-corrected chi connectivity index (χ3v) is 6.74. The molecule has 1 aliphatic heterocycles. The number of methoxy groups -OCH3 is 1. The lowest BCUT2D eigenvalue weighted by atomic mass is 9.87. The highest BCUT2D eigenvalue weighted by Gasteiger charge is 2.47. The lowest BCUT2D eigenvalue weighted by molar-refractivity contribution is -0.132. The molecule has 1 amide bonds. The van der Waals surface area contributed by atoms with Crippen molar-refractivity contribution in [1.82, 2.24) is 0 Å². The maximum Gasteiger partial charge on any atom is 0.300 e. The number of carbonyl (C=O) groups is 2. The quantitative estimate of drug-likeness (QED) is 0.191. The van der Waals surface area contributed by atoms with Gasteiger partial charge in [-0.3, -0.25) is 14.5 Å². The minimum Gasteiger partial charge on any atom is -0.507 e. The van der Waals surface area contributed by atoms with E-state index in [2.05, 4.69) is 20.8 Å². The Kier molecular flexibility index (Phi) is 8.24. The molecule has 1 aliphatic rings. The molecule has 1 atom stereocenters. The average Bonchev–Trinajstić information content (AvgIpc) is 3.18. The summed E-state index contributed by atoms with van der Waals surface area (Å²) in [6.07, 6.45) is -0.0793. The molecule has 1 saturated heterocycles. The fourth-order valence-corrected chi connectivity index (χ4v) is 4.80. The van der Waals surface area contributed by atoms with E-state index in [-0.39, 0.29) is 22.9 Å². The van der Waals surface area contributed by atoms with Crippen LogP contribution in [0.1, 0.15) is 64.3 Å². The minimum atomic E-state index is -0.904. The second-order valence-corrected chi connectivity index (χ2v) is 11.0. The standard InChI is InChI=1S/C33H37NO6/c1-8-39-25-11-9-10-22(18-25)30(35)28-29(21-12-17-26(40-20(2)3)27(19-21)38-7)34(32(37)31(28)36)24-15-13-23(14-16-24)33(4,5)6/h9-20,29,35H,8H2,1-7H3/b30-28+. The minimum absolute atomic E-state index is 0.0156. The maximum atomic E-state index is 13.6. The van der Waals surface area contributed by atoms with Crippen LogP contribution < -0.4 is 19.1 Å². The number of hydrogen-bond donors (Lipinski definition) is 1. The summed E-state index contributed by atoms with van der Waals surface area (Å²) < 4.78 is 17.1. The summed E-state index contributed by atoms with van der Waals surface area (Å²) in [5.41, 5.74) is 2.51. The number of nitrogens with zero attached hydrogens (tertiary/aromatic N) is 1. The topological polar surface area (TPSA) is 85.3 Å². The Hall–Kier alpha value is -4.26. The maximum absolute atomic E-state index is 13.6. The summed E-state index contributed by atoms with van der Waals surface area (Å²) >= 11 is 0. The first kappa shape index (κ1) is 28.7. The van der Waals surface area contributed by atoms with E-state index in [9.17, 15) is 14.7 Å². The molecule has 0 bridgehead atoms. The highest BCUT2D eigenvalue weighted by Crippen LogP contribution is 2.44. The lowest BCUT2D eigenvalue weighted by Gasteiger charge is -2.27. The zero-order chi connectivity index (χ0) is 29.2. The zero-order valence-corrected chi connectivity index (χ0v) is 24.1. The Morgan fingerprint density at radius 2 is 1.68 bits per heavy atom. The van der Waals surface area contributed by atoms with Gasteiger partial charge in [0.1, 0.15) is 11.5 Å². The molecular formula is C33H37NO6. The summed E-state index contributed by atoms with van der Waals surface area (Å²) in [7, 11) is 1.54. The molecule has 1 N–H and O–H groups in total. The van der Waals surface area contributed by atoms with Gasteiger partial charge in [0.05, 0.1) is 31.4 Å². The van der Waals surface area contributed by atoms with Crippen LogP contribution in [0.15, 0.2) is 72.3 Å². The average molecular weight is 544 g/mol. The van der Waals surface area contributed by atoms with Crippen molar-refractivity contribution in [2.24, 2.45) is 0 Å². The summed E-state index contributed by atoms with van der Waals surface area (Å²) in [5, 5.41) is 11.5. The van der Waals surface area contributed by atoms with Gasteiger partial charge in [-0.25, -0.2) is 0 Å². The van der Waals surface area contributed by atoms with Gasteiger partial charge in [0.25, 0.3) is 11.7 Å². The molecule has 210 valence electrons. The van der Waals surface area contributed by atoms with E-state index in [0.717, 1.165) is 5.56 Å². The van der Waals surface area contributed by atoms with E-state index in [1.165, 1.54) is 12.0 Å². The zero-order valence-electron chi connectivity index (χ0n) is 24.1. The van der Waals surface area contributed by atoms with Gasteiger partial charge in [-0.15, -0.1) is 0 Å². The monoisotopic (exact) mass is 543 g/mol. The van der Waals surface area contributed by atoms with E-state index in [1.807, 2.05) is 45.0 Å². The lowest BCUT2D eigenvalue weighted by Crippen LogP contribution is -2.29. The summed E-state index contributed by atoms with van der Waals surface area (Å²) in [4.78, 5) is 28.6. The molecule has 7 heteroatoms. The van der Waals surface area contributed by atoms with Crippen molar-refractivity contribution in [3.63, 3.8) is 0 Å². The first-order valence-corrected chi connectivity index (χ1v) is 13.5. The predicted molar refractivity (Wildman–Crippen MR) is 156 cm³/mol. The SMILES string of the molecule is CCOc1cccc(/C(O)=C2\C(=O)C(=O)N(c3ccc(C(C)(C)C)cc3)C2c2ccc(OC(C)C)c(OC)c2)c1. The molecule has 1 fully saturated rings. The molecule has 1 heterocycles. The highest BCUT2D eigenvalue weighted by atomic mass is 16.5. The van der Waals surface area contributed by atoms with Crippen LogP contribution in [0.2, 0.25) is 0 Å². The molecule has 0 aliphatic carbocycles. The molecule has 3 aromatic carbocycles. The number of ether oxygens (including phenoxy) is 3. The van der Waals surface area contributed by atoms with E-state index >= 15 is 0 Å². The van der Waals surface area contributed by atoms with Crippen LogP contribution in [0.4, 0.5) is 5.69 Å². The summed E-state index contributed by atoms with van der Waals surface area (Å²) in [6.45, 7) is 12.5. The second-order valence-electron chi connectivity index (χ2n) is 11.0. The fraction of sp³-hybridized carbons (Fsp3) is 0.333. The normalized spacial score (nSPS) is 16.9. The van der Waals surface area contributed by atoms with Crippen molar-refractivity contribution in [3.8, 4) is 17.2 Å². The molecule has 4 rings (SSSR count). The van der Waals surface area contributed by atoms with Gasteiger partial charge in [0.2, 0.25) is 0 Å². The molecule has 0 aromatic heterocycles. The largest absolute Gasteiger partial charge is 0.507 e. The van der Waals surface area contributed by atoms with Crippen LogP contribution in [0.25, 0.3) is 5.76 Å². The van der Waals surface area contributed by atoms with Crippen molar-refractivity contribution in [1.29, 1.82) is 0 Å². The Bertz CT molecular complexity index is 1430. The van der Waals surface area contributed by atoms with E-state index < -0.39 is 17.7 Å². The van der Waals surface area contributed by atoms with Crippen molar-refractivity contribution >= 4 is 23.1 Å². The highest BCUT2D eigenvalue weighted by molar-refractivity contribution is 6.51.